The van der Waals surface area contributed by atoms with Crippen molar-refractivity contribution >= 4 is 11.9 Å². The summed E-state index contributed by atoms with van der Waals surface area (Å²) in [6.45, 7) is 6.73. The molecule has 0 amide bonds. The smallest absolute Gasteiger partial charge is 0.306 e. The fourth-order valence-electron chi connectivity index (χ4n) is 4.89. The van der Waals surface area contributed by atoms with Crippen LogP contribution in [0.15, 0.2) is 0 Å². The summed E-state index contributed by atoms with van der Waals surface area (Å²) in [5.41, 5.74) is -0.394. The minimum absolute atomic E-state index is 0.0128. The molecule has 0 spiro atoms. The zero-order valence-corrected chi connectivity index (χ0v) is 23.1. The van der Waals surface area contributed by atoms with Crippen LogP contribution in [0.25, 0.3) is 0 Å². The molecule has 34 heavy (non-hydrogen) atoms. The Bertz CT molecular complexity index is 458. The highest BCUT2D eigenvalue weighted by Gasteiger charge is 2.33. The minimum Gasteiger partial charge on any atom is -0.481 e. The van der Waals surface area contributed by atoms with Gasteiger partial charge in [0.15, 0.2) is 0 Å². The molecule has 0 radical (unpaired) electrons. The summed E-state index contributed by atoms with van der Waals surface area (Å²) in [7, 11) is 0. The second kappa shape index (κ2) is 23.7. The van der Waals surface area contributed by atoms with Crippen molar-refractivity contribution < 1.29 is 19.4 Å². The Morgan fingerprint density at radius 1 is 0.529 bits per heavy atom. The van der Waals surface area contributed by atoms with Gasteiger partial charge >= 0.3 is 11.9 Å². The zero-order chi connectivity index (χ0) is 25.3. The quantitative estimate of drug-likeness (QED) is 0.0984. The molecule has 0 aliphatic heterocycles. The predicted octanol–water partition coefficient (Wildman–Crippen LogP) is 9.78. The summed E-state index contributed by atoms with van der Waals surface area (Å²) in [4.78, 5) is 23.6. The van der Waals surface area contributed by atoms with Gasteiger partial charge in [0, 0.05) is 0 Å². The highest BCUT2D eigenvalue weighted by molar-refractivity contribution is 5.76. The van der Waals surface area contributed by atoms with E-state index in [2.05, 4.69) is 20.8 Å². The van der Waals surface area contributed by atoms with E-state index in [1.807, 2.05) is 0 Å². The molecule has 202 valence electrons. The van der Waals surface area contributed by atoms with Crippen molar-refractivity contribution in [2.24, 2.45) is 0 Å². The lowest BCUT2D eigenvalue weighted by Crippen LogP contribution is -2.35. The van der Waals surface area contributed by atoms with Crippen molar-refractivity contribution in [3.05, 3.63) is 0 Å². The van der Waals surface area contributed by atoms with Gasteiger partial charge in [-0.3, -0.25) is 9.59 Å². The van der Waals surface area contributed by atoms with E-state index in [0.717, 1.165) is 38.5 Å². The third-order valence-electron chi connectivity index (χ3n) is 7.08. The molecule has 0 aromatic rings. The lowest BCUT2D eigenvalue weighted by molar-refractivity contribution is -0.164. The van der Waals surface area contributed by atoms with Crippen LogP contribution in [0.3, 0.4) is 0 Å². The Balaban J connectivity index is 4.98. The van der Waals surface area contributed by atoms with Gasteiger partial charge in [0.2, 0.25) is 0 Å². The molecule has 0 aromatic heterocycles. The molecule has 0 rings (SSSR count). The first-order valence-corrected chi connectivity index (χ1v) is 14.9. The number of unbranched alkanes of at least 4 members (excludes halogenated alkanes) is 16. The first-order chi connectivity index (χ1) is 16.5. The largest absolute Gasteiger partial charge is 0.481 e. The van der Waals surface area contributed by atoms with Crippen LogP contribution >= 0.6 is 0 Å². The number of carboxylic acids is 1. The molecule has 0 saturated carbocycles. The van der Waals surface area contributed by atoms with Gasteiger partial charge in [0.1, 0.15) is 5.60 Å². The fraction of sp³-hybridized carbons (Fsp3) is 0.933. The van der Waals surface area contributed by atoms with Gasteiger partial charge in [0.25, 0.3) is 0 Å². The van der Waals surface area contributed by atoms with E-state index >= 15 is 0 Å². The Hall–Kier alpha value is -1.06. The lowest BCUT2D eigenvalue weighted by atomic mass is 9.84. The number of hydrogen-bond acceptors (Lipinski definition) is 3. The Morgan fingerprint density at radius 2 is 0.853 bits per heavy atom. The van der Waals surface area contributed by atoms with Gasteiger partial charge in [-0.25, -0.2) is 0 Å². The molecule has 4 heteroatoms. The predicted molar refractivity (Wildman–Crippen MR) is 144 cm³/mol. The maximum Gasteiger partial charge on any atom is 0.306 e. The number of carboxylic acid groups (broad SMARTS) is 1. The van der Waals surface area contributed by atoms with Gasteiger partial charge in [-0.05, 0) is 38.5 Å². The van der Waals surface area contributed by atoms with Crippen molar-refractivity contribution in [2.75, 3.05) is 0 Å². The topological polar surface area (TPSA) is 63.6 Å². The summed E-state index contributed by atoms with van der Waals surface area (Å²) >= 11 is 0. The monoisotopic (exact) mass is 482 g/mol. The van der Waals surface area contributed by atoms with Gasteiger partial charge in [-0.1, -0.05) is 124 Å². The average molecular weight is 483 g/mol. The van der Waals surface area contributed by atoms with Gasteiger partial charge in [-0.2, -0.15) is 0 Å². The number of aliphatic carboxylic acids is 1. The lowest BCUT2D eigenvalue weighted by Gasteiger charge is -2.34. The van der Waals surface area contributed by atoms with Crippen LogP contribution in [0.2, 0.25) is 0 Å². The van der Waals surface area contributed by atoms with E-state index in [-0.39, 0.29) is 18.8 Å². The molecule has 1 N–H and O–H groups in total. The van der Waals surface area contributed by atoms with E-state index in [0.29, 0.717) is 0 Å². The standard InChI is InChI=1S/C30H58O4/c1-4-7-10-13-16-19-22-27-30(25-20-17-14-11-8-5-2,26-21-18-15-12-9-6-3)34-29(33)24-23-28(31)32/h4-27H2,1-3H3,(H,31,32). The van der Waals surface area contributed by atoms with E-state index in [1.54, 1.807) is 0 Å². The number of hydrogen-bond donors (Lipinski definition) is 1. The van der Waals surface area contributed by atoms with Crippen molar-refractivity contribution in [2.45, 2.75) is 180 Å². The Labute approximate surface area is 212 Å². The van der Waals surface area contributed by atoms with Crippen molar-refractivity contribution in [3.8, 4) is 0 Å². The van der Waals surface area contributed by atoms with Crippen molar-refractivity contribution in [1.82, 2.24) is 0 Å². The maximum atomic E-state index is 12.6. The molecular weight excluding hydrogens is 424 g/mol. The third kappa shape index (κ3) is 20.3. The summed E-state index contributed by atoms with van der Waals surface area (Å²) in [5, 5.41) is 9.00. The maximum absolute atomic E-state index is 12.6. The fourth-order valence-corrected chi connectivity index (χ4v) is 4.89. The number of rotatable bonds is 26. The molecule has 4 nitrogen and oxygen atoms in total. The van der Waals surface area contributed by atoms with Gasteiger partial charge in [0.05, 0.1) is 12.8 Å². The first kappa shape index (κ1) is 32.9. The molecule has 0 saturated heterocycles. The molecule has 0 bridgehead atoms. The molecule has 0 fully saturated rings. The average Bonchev–Trinajstić information content (AvgIpc) is 2.81. The molecule has 0 aromatic carbocycles. The molecular formula is C30H58O4. The number of carbonyl (C=O) groups is 2. The number of esters is 1. The van der Waals surface area contributed by atoms with E-state index in [9.17, 15) is 9.59 Å². The van der Waals surface area contributed by atoms with Gasteiger partial charge < -0.3 is 9.84 Å². The van der Waals surface area contributed by atoms with Crippen LogP contribution in [0.4, 0.5) is 0 Å². The van der Waals surface area contributed by atoms with Crippen LogP contribution in [0.1, 0.15) is 175 Å². The SMILES string of the molecule is CCCCCCCCCC(CCCCCCCC)(CCCCCCCC)OC(=O)CCC(=O)O. The van der Waals surface area contributed by atoms with Crippen LogP contribution in [-0.4, -0.2) is 22.6 Å². The Morgan fingerprint density at radius 3 is 1.18 bits per heavy atom. The summed E-state index contributed by atoms with van der Waals surface area (Å²) < 4.78 is 6.19. The van der Waals surface area contributed by atoms with Crippen molar-refractivity contribution in [1.29, 1.82) is 0 Å². The molecule has 0 heterocycles. The van der Waals surface area contributed by atoms with Crippen molar-refractivity contribution in [3.63, 3.8) is 0 Å². The van der Waals surface area contributed by atoms with E-state index in [1.165, 1.54) is 103 Å². The second-order valence-corrected chi connectivity index (χ2v) is 10.5. The van der Waals surface area contributed by atoms with E-state index in [4.69, 9.17) is 9.84 Å². The van der Waals surface area contributed by atoms with Crippen LogP contribution in [-0.2, 0) is 14.3 Å². The van der Waals surface area contributed by atoms with Gasteiger partial charge in [-0.15, -0.1) is 0 Å². The summed E-state index contributed by atoms with van der Waals surface area (Å²) in [6, 6.07) is 0. The first-order valence-electron chi connectivity index (χ1n) is 14.9. The molecule has 0 unspecified atom stereocenters. The van der Waals surface area contributed by atoms with E-state index < -0.39 is 11.6 Å². The summed E-state index contributed by atoms with van der Waals surface area (Å²) in [6.07, 6.45) is 26.2. The highest BCUT2D eigenvalue weighted by atomic mass is 16.6. The molecule has 0 atom stereocenters. The Kier molecular flexibility index (Phi) is 22.9. The number of carbonyl (C=O) groups excluding carboxylic acids is 1. The molecule has 0 aliphatic carbocycles. The normalized spacial score (nSPS) is 11.6. The third-order valence-corrected chi connectivity index (χ3v) is 7.08. The second-order valence-electron chi connectivity index (χ2n) is 10.5. The zero-order valence-electron chi connectivity index (χ0n) is 23.1. The number of ether oxygens (including phenoxy) is 1. The highest BCUT2D eigenvalue weighted by Crippen LogP contribution is 2.33. The van der Waals surface area contributed by atoms with Crippen LogP contribution in [0.5, 0.6) is 0 Å². The van der Waals surface area contributed by atoms with Crippen LogP contribution < -0.4 is 0 Å². The molecule has 0 aliphatic rings. The van der Waals surface area contributed by atoms with Crippen LogP contribution in [0, 0.1) is 0 Å². The summed E-state index contributed by atoms with van der Waals surface area (Å²) in [5.74, 6) is -1.25. The minimum atomic E-state index is -0.929.